The second-order valence-electron chi connectivity index (χ2n) is 2.94. The van der Waals surface area contributed by atoms with Crippen LogP contribution in [0.1, 0.15) is 0 Å². The number of carbonyl (C=O) groups excluding carboxylic acids is 1. The van der Waals surface area contributed by atoms with Gasteiger partial charge in [-0.2, -0.15) is 0 Å². The Kier molecular flexibility index (Phi) is 4.55. The zero-order valence-corrected chi connectivity index (χ0v) is 7.19. The highest BCUT2D eigenvalue weighted by molar-refractivity contribution is 5.56. The van der Waals surface area contributed by atoms with Crippen LogP contribution in [0.2, 0.25) is 0 Å². The fraction of sp³-hybridized carbons (Fsp3) is 0.833. The van der Waals surface area contributed by atoms with E-state index >= 15 is 0 Å². The molecule has 0 aliphatic heterocycles. The minimum Gasteiger partial charge on any atom is -0.387 e. The lowest BCUT2D eigenvalue weighted by Crippen LogP contribution is -2.65. The molecular weight excluding hydrogens is 196 g/mol. The average Bonchev–Trinajstić information content (AvgIpc) is 2.11. The molecule has 0 aromatic carbocycles. The highest BCUT2D eigenvalue weighted by Crippen LogP contribution is 2.08. The smallest absolute Gasteiger partial charge is 0.196 e. The lowest BCUT2D eigenvalue weighted by atomic mass is 10.0. The molecule has 0 unspecified atom stereocenters. The summed E-state index contributed by atoms with van der Waals surface area (Å²) in [5, 5.41) is 44.7. The van der Waals surface area contributed by atoms with E-state index in [4.69, 9.17) is 37.0 Å². The second kappa shape index (κ2) is 4.75. The highest BCUT2D eigenvalue weighted by Gasteiger charge is 2.39. The van der Waals surface area contributed by atoms with Crippen LogP contribution >= 0.6 is 0 Å². The van der Waals surface area contributed by atoms with Gasteiger partial charge in [-0.3, -0.25) is 11.5 Å². The molecule has 0 heterocycles. The Morgan fingerprint density at radius 3 is 1.79 bits per heavy atom. The van der Waals surface area contributed by atoms with E-state index in [-0.39, 0.29) is 6.29 Å². The minimum atomic E-state index is -2.64. The van der Waals surface area contributed by atoms with E-state index in [0.717, 1.165) is 0 Å². The summed E-state index contributed by atoms with van der Waals surface area (Å²) in [6.45, 7) is 0. The number of hydrogen-bond donors (Lipinski definition) is 7. The summed E-state index contributed by atoms with van der Waals surface area (Å²) >= 11 is 0. The molecule has 0 saturated heterocycles. The normalized spacial score (nSPS) is 21.1. The molecule has 0 rings (SSSR count). The third kappa shape index (κ3) is 3.27. The second-order valence-corrected chi connectivity index (χ2v) is 2.94. The van der Waals surface area contributed by atoms with Gasteiger partial charge in [0.1, 0.15) is 24.4 Å². The van der Waals surface area contributed by atoms with Gasteiger partial charge in [-0.15, -0.1) is 0 Å². The molecule has 84 valence electrons. The van der Waals surface area contributed by atoms with Gasteiger partial charge in [0, 0.05) is 0 Å². The molecule has 0 aliphatic rings. The largest absolute Gasteiger partial charge is 0.387 e. The van der Waals surface area contributed by atoms with E-state index < -0.39 is 30.3 Å². The van der Waals surface area contributed by atoms with Crippen LogP contribution in [0.3, 0.4) is 0 Å². The summed E-state index contributed by atoms with van der Waals surface area (Å²) in [5.74, 6) is -2.64. The molecule has 0 aliphatic carbocycles. The maximum Gasteiger partial charge on any atom is 0.196 e. The van der Waals surface area contributed by atoms with Crippen molar-refractivity contribution in [3.05, 3.63) is 0 Å². The zero-order chi connectivity index (χ0) is 11.5. The molecular formula is C6H14N2O6. The number of aliphatic hydroxyl groups excluding tert-OH is 4. The van der Waals surface area contributed by atoms with E-state index in [0.29, 0.717) is 0 Å². The Morgan fingerprint density at radius 1 is 1.07 bits per heavy atom. The van der Waals surface area contributed by atoms with Crippen LogP contribution in [-0.2, 0) is 4.79 Å². The summed E-state index contributed by atoms with van der Waals surface area (Å²) in [4.78, 5) is 10.00. The van der Waals surface area contributed by atoms with Gasteiger partial charge < -0.3 is 30.3 Å². The third-order valence-corrected chi connectivity index (χ3v) is 1.64. The van der Waals surface area contributed by atoms with Crippen molar-refractivity contribution < 1.29 is 30.3 Å². The van der Waals surface area contributed by atoms with Gasteiger partial charge in [-0.1, -0.05) is 0 Å². The molecule has 14 heavy (non-hydrogen) atoms. The molecule has 8 heteroatoms. The Bertz CT molecular complexity index is 193. The predicted octanol–water partition coefficient (Wildman–Crippen LogP) is -4.81. The van der Waals surface area contributed by atoms with E-state index in [1.54, 1.807) is 0 Å². The Hall–Kier alpha value is -0.610. The molecule has 0 spiro atoms. The van der Waals surface area contributed by atoms with Crippen molar-refractivity contribution in [2.24, 2.45) is 11.5 Å². The third-order valence-electron chi connectivity index (χ3n) is 1.64. The molecule has 0 fully saturated rings. The van der Waals surface area contributed by atoms with E-state index in [1.165, 1.54) is 0 Å². The molecule has 0 aromatic rings. The fourth-order valence-corrected chi connectivity index (χ4v) is 0.743. The minimum absolute atomic E-state index is 0.0489. The Balaban J connectivity index is 4.46. The number of nitrogens with two attached hydrogens (primary N) is 2. The van der Waals surface area contributed by atoms with Gasteiger partial charge >= 0.3 is 0 Å². The molecule has 0 amide bonds. The maximum atomic E-state index is 10.00. The first-order valence-corrected chi connectivity index (χ1v) is 3.69. The molecule has 4 atom stereocenters. The van der Waals surface area contributed by atoms with Crippen LogP contribution in [-0.4, -0.2) is 62.1 Å². The number of carbonyl (C=O) groups is 1. The van der Waals surface area contributed by atoms with Gasteiger partial charge in [0.25, 0.3) is 0 Å². The van der Waals surface area contributed by atoms with Gasteiger partial charge in [0.2, 0.25) is 0 Å². The first-order chi connectivity index (χ1) is 6.21. The van der Waals surface area contributed by atoms with Crippen molar-refractivity contribution >= 4 is 6.29 Å². The quantitative estimate of drug-likeness (QED) is 0.175. The fourth-order valence-electron chi connectivity index (χ4n) is 0.743. The van der Waals surface area contributed by atoms with Crippen molar-refractivity contribution in [2.45, 2.75) is 30.3 Å². The van der Waals surface area contributed by atoms with Crippen molar-refractivity contribution in [3.8, 4) is 0 Å². The first kappa shape index (κ1) is 13.4. The molecule has 0 aromatic heterocycles. The van der Waals surface area contributed by atoms with E-state index in [9.17, 15) is 4.79 Å². The average molecular weight is 210 g/mol. The number of hydrogen-bond acceptors (Lipinski definition) is 8. The standard InChI is InChI=1S/C6H14N2O6/c7-6(8,14)5(13)4(12)3(11)2(10)1-9/h1-5,10-14H,7-8H2/t2-,3+,4-,5-/m0/s1. The van der Waals surface area contributed by atoms with Crippen LogP contribution in [0.5, 0.6) is 0 Å². The van der Waals surface area contributed by atoms with Gasteiger partial charge in [0.15, 0.2) is 12.1 Å². The molecule has 8 nitrogen and oxygen atoms in total. The lowest BCUT2D eigenvalue weighted by Gasteiger charge is -2.31. The van der Waals surface area contributed by atoms with E-state index in [1.807, 2.05) is 0 Å². The molecule has 0 saturated carbocycles. The van der Waals surface area contributed by atoms with Crippen molar-refractivity contribution in [2.75, 3.05) is 0 Å². The highest BCUT2D eigenvalue weighted by atomic mass is 16.4. The first-order valence-electron chi connectivity index (χ1n) is 3.69. The van der Waals surface area contributed by atoms with Crippen molar-refractivity contribution in [3.63, 3.8) is 0 Å². The molecule has 0 bridgehead atoms. The van der Waals surface area contributed by atoms with Crippen LogP contribution in [0.25, 0.3) is 0 Å². The number of aliphatic hydroxyl groups is 5. The van der Waals surface area contributed by atoms with Crippen molar-refractivity contribution in [1.29, 1.82) is 0 Å². The van der Waals surface area contributed by atoms with Crippen LogP contribution in [0, 0.1) is 0 Å². The zero-order valence-electron chi connectivity index (χ0n) is 7.19. The van der Waals surface area contributed by atoms with Gasteiger partial charge in [-0.25, -0.2) is 0 Å². The Labute approximate surface area is 79.4 Å². The van der Waals surface area contributed by atoms with E-state index in [2.05, 4.69) is 0 Å². The van der Waals surface area contributed by atoms with Gasteiger partial charge in [-0.05, 0) is 0 Å². The predicted molar refractivity (Wildman–Crippen MR) is 43.4 cm³/mol. The lowest BCUT2D eigenvalue weighted by molar-refractivity contribution is -0.167. The number of aldehydes is 1. The Morgan fingerprint density at radius 2 is 1.50 bits per heavy atom. The summed E-state index contributed by atoms with van der Waals surface area (Å²) in [5.41, 5.74) is 9.60. The van der Waals surface area contributed by atoms with Gasteiger partial charge in [0.05, 0.1) is 0 Å². The van der Waals surface area contributed by atoms with Crippen molar-refractivity contribution in [1.82, 2.24) is 0 Å². The van der Waals surface area contributed by atoms with Crippen LogP contribution in [0.15, 0.2) is 0 Å². The summed E-state index contributed by atoms with van der Waals surface area (Å²) in [7, 11) is 0. The molecule has 0 radical (unpaired) electrons. The molecule has 9 N–H and O–H groups in total. The van der Waals surface area contributed by atoms with Crippen LogP contribution in [0.4, 0.5) is 0 Å². The number of rotatable bonds is 5. The van der Waals surface area contributed by atoms with Crippen LogP contribution < -0.4 is 11.5 Å². The monoisotopic (exact) mass is 210 g/mol. The SMILES string of the molecule is NC(N)(O)[C@@H](O)[C@@H](O)[C@H](O)[C@@H](O)C=O. The summed E-state index contributed by atoms with van der Waals surface area (Å²) in [6, 6.07) is 0. The maximum absolute atomic E-state index is 10.00. The summed E-state index contributed by atoms with van der Waals surface area (Å²) in [6.07, 6.45) is -8.09. The summed E-state index contributed by atoms with van der Waals surface area (Å²) < 4.78 is 0. The topological polar surface area (TPSA) is 170 Å².